The number of benzene rings is 1. The molecule has 0 aliphatic heterocycles. The number of ether oxygens (including phenoxy) is 2. The third kappa shape index (κ3) is 5.92. The van der Waals surface area contributed by atoms with Crippen molar-refractivity contribution in [2.45, 2.75) is 51.8 Å². The van der Waals surface area contributed by atoms with Crippen LogP contribution in [-0.2, 0) is 18.7 Å². The van der Waals surface area contributed by atoms with Gasteiger partial charge >= 0.3 is 0 Å². The van der Waals surface area contributed by atoms with E-state index in [4.69, 9.17) is 19.4 Å². The predicted molar refractivity (Wildman–Crippen MR) is 119 cm³/mol. The molecule has 0 radical (unpaired) electrons. The van der Waals surface area contributed by atoms with Crippen LogP contribution in [0.1, 0.15) is 49.9 Å². The first-order valence-corrected chi connectivity index (χ1v) is 10.5. The summed E-state index contributed by atoms with van der Waals surface area (Å²) in [6.45, 7) is 5.81. The van der Waals surface area contributed by atoms with Crippen LogP contribution >= 0.6 is 12.6 Å². The number of anilines is 2. The van der Waals surface area contributed by atoms with E-state index in [1.165, 1.54) is 12.8 Å². The number of unbranched alkanes of at least 4 members (excludes halogenated alkanes) is 2. The van der Waals surface area contributed by atoms with E-state index >= 15 is 0 Å². The highest BCUT2D eigenvalue weighted by Crippen LogP contribution is 2.28. The molecule has 0 spiro atoms. The zero-order valence-electron chi connectivity index (χ0n) is 17.3. The van der Waals surface area contributed by atoms with Crippen LogP contribution in [0.25, 0.3) is 0 Å². The van der Waals surface area contributed by atoms with Gasteiger partial charge in [0.05, 0.1) is 19.9 Å². The molecule has 0 saturated carbocycles. The molecule has 28 heavy (non-hydrogen) atoms. The van der Waals surface area contributed by atoms with Gasteiger partial charge in [0.25, 0.3) is 0 Å². The molecule has 154 valence electrons. The van der Waals surface area contributed by atoms with Gasteiger partial charge in [0.2, 0.25) is 5.95 Å². The zero-order valence-corrected chi connectivity index (χ0v) is 18.2. The Hall–Kier alpha value is -2.15. The average Bonchev–Trinajstić information content (AvgIpc) is 2.74. The van der Waals surface area contributed by atoms with Crippen molar-refractivity contribution in [3.05, 3.63) is 35.0 Å². The van der Waals surface area contributed by atoms with E-state index in [1.807, 2.05) is 18.2 Å². The number of aryl methyl sites for hydroxylation is 1. The number of nitrogens with zero attached hydrogens (tertiary/aromatic N) is 2. The Labute approximate surface area is 173 Å². The van der Waals surface area contributed by atoms with Crippen LogP contribution in [0.4, 0.5) is 11.8 Å². The number of aromatic nitrogens is 2. The number of rotatable bonds is 12. The summed E-state index contributed by atoms with van der Waals surface area (Å²) < 4.78 is 10.7. The monoisotopic (exact) mass is 404 g/mol. The summed E-state index contributed by atoms with van der Waals surface area (Å²) in [6.07, 6.45) is 4.37. The van der Waals surface area contributed by atoms with Gasteiger partial charge in [-0.25, -0.2) is 4.98 Å². The topological polar surface area (TPSA) is 68.3 Å². The van der Waals surface area contributed by atoms with Crippen LogP contribution in [0, 0.1) is 0 Å². The molecular formula is C21H32N4O2S. The summed E-state index contributed by atoms with van der Waals surface area (Å²) in [5.74, 6) is 3.55. The standard InChI is InChI=1S/C21H32N4O2S/c1-5-7-8-11-22-20-16(14-28)17(6-2)24-21(25-20)23-13-15-9-10-18(26-3)19(12-15)27-4/h9-10,12,28H,5-8,11,13-14H2,1-4H3,(H2,22,23,24,25). The van der Waals surface area contributed by atoms with E-state index in [0.717, 1.165) is 42.0 Å². The van der Waals surface area contributed by atoms with Gasteiger partial charge in [0.1, 0.15) is 5.82 Å². The third-order valence-corrected chi connectivity index (χ3v) is 4.87. The number of methoxy groups -OCH3 is 2. The van der Waals surface area contributed by atoms with Crippen molar-refractivity contribution < 1.29 is 9.47 Å². The van der Waals surface area contributed by atoms with Crippen LogP contribution in [0.2, 0.25) is 0 Å². The highest BCUT2D eigenvalue weighted by atomic mass is 32.1. The first kappa shape index (κ1) is 22.1. The fourth-order valence-corrected chi connectivity index (χ4v) is 3.30. The van der Waals surface area contributed by atoms with Crippen molar-refractivity contribution in [3.63, 3.8) is 0 Å². The molecule has 0 aliphatic carbocycles. The van der Waals surface area contributed by atoms with Crippen LogP contribution in [0.3, 0.4) is 0 Å². The minimum absolute atomic E-state index is 0.596. The molecule has 2 aromatic rings. The molecule has 0 saturated heterocycles. The van der Waals surface area contributed by atoms with Gasteiger partial charge in [-0.3, -0.25) is 0 Å². The molecule has 2 N–H and O–H groups in total. The van der Waals surface area contributed by atoms with E-state index < -0.39 is 0 Å². The smallest absolute Gasteiger partial charge is 0.225 e. The largest absolute Gasteiger partial charge is 0.493 e. The second-order valence-electron chi connectivity index (χ2n) is 6.51. The van der Waals surface area contributed by atoms with Crippen LogP contribution in [0.15, 0.2) is 18.2 Å². The van der Waals surface area contributed by atoms with Gasteiger partial charge < -0.3 is 20.1 Å². The summed E-state index contributed by atoms with van der Waals surface area (Å²) in [5.41, 5.74) is 3.17. The Morgan fingerprint density at radius 1 is 1.00 bits per heavy atom. The number of hydrogen-bond acceptors (Lipinski definition) is 7. The van der Waals surface area contributed by atoms with Crippen LogP contribution in [-0.4, -0.2) is 30.7 Å². The van der Waals surface area contributed by atoms with Gasteiger partial charge in [-0.05, 0) is 30.5 Å². The molecule has 1 heterocycles. The molecule has 0 fully saturated rings. The molecule has 1 aromatic heterocycles. The summed E-state index contributed by atoms with van der Waals surface area (Å²) in [7, 11) is 3.27. The molecule has 2 rings (SSSR count). The summed E-state index contributed by atoms with van der Waals surface area (Å²) in [5, 5.41) is 6.80. The average molecular weight is 405 g/mol. The lowest BCUT2D eigenvalue weighted by Crippen LogP contribution is -2.13. The lowest BCUT2D eigenvalue weighted by atomic mass is 10.2. The quantitative estimate of drug-likeness (QED) is 0.352. The van der Waals surface area contributed by atoms with Gasteiger partial charge in [0, 0.05) is 24.4 Å². The fraction of sp³-hybridized carbons (Fsp3) is 0.524. The zero-order chi connectivity index (χ0) is 20.4. The summed E-state index contributed by atoms with van der Waals surface area (Å²) in [4.78, 5) is 9.39. The van der Waals surface area contributed by atoms with E-state index in [0.29, 0.717) is 29.7 Å². The van der Waals surface area contributed by atoms with E-state index in [-0.39, 0.29) is 0 Å². The third-order valence-electron chi connectivity index (χ3n) is 4.56. The Kier molecular flexibility index (Phi) is 9.20. The maximum absolute atomic E-state index is 5.38. The Morgan fingerprint density at radius 2 is 1.79 bits per heavy atom. The van der Waals surface area contributed by atoms with Gasteiger partial charge in [-0.2, -0.15) is 17.6 Å². The number of thiol groups is 1. The van der Waals surface area contributed by atoms with Crippen LogP contribution in [0.5, 0.6) is 11.5 Å². The molecule has 0 unspecified atom stereocenters. The van der Waals surface area contributed by atoms with Crippen molar-refractivity contribution in [1.82, 2.24) is 9.97 Å². The Bertz CT molecular complexity index is 755. The summed E-state index contributed by atoms with van der Waals surface area (Å²) >= 11 is 4.49. The second kappa shape index (κ2) is 11.6. The van der Waals surface area contributed by atoms with Crippen LogP contribution < -0.4 is 20.1 Å². The molecule has 6 nitrogen and oxygen atoms in total. The molecule has 7 heteroatoms. The Balaban J connectivity index is 2.15. The maximum Gasteiger partial charge on any atom is 0.225 e. The van der Waals surface area contributed by atoms with Crippen molar-refractivity contribution in [1.29, 1.82) is 0 Å². The molecule has 0 aliphatic rings. The lowest BCUT2D eigenvalue weighted by Gasteiger charge is -2.16. The predicted octanol–water partition coefficient (Wildman–Crippen LogP) is 4.70. The lowest BCUT2D eigenvalue weighted by molar-refractivity contribution is 0.354. The minimum atomic E-state index is 0.596. The van der Waals surface area contributed by atoms with Crippen molar-refractivity contribution in [2.24, 2.45) is 0 Å². The first-order chi connectivity index (χ1) is 13.7. The molecule has 0 bridgehead atoms. The highest BCUT2D eigenvalue weighted by Gasteiger charge is 2.12. The summed E-state index contributed by atoms with van der Waals surface area (Å²) in [6, 6.07) is 5.86. The first-order valence-electron chi connectivity index (χ1n) is 9.86. The minimum Gasteiger partial charge on any atom is -0.493 e. The van der Waals surface area contributed by atoms with E-state index in [9.17, 15) is 0 Å². The molecule has 0 amide bonds. The van der Waals surface area contributed by atoms with E-state index in [2.05, 4.69) is 37.1 Å². The number of hydrogen-bond donors (Lipinski definition) is 3. The highest BCUT2D eigenvalue weighted by molar-refractivity contribution is 7.79. The number of nitrogens with one attached hydrogen (secondary N) is 2. The van der Waals surface area contributed by atoms with Gasteiger partial charge in [-0.1, -0.05) is 32.8 Å². The van der Waals surface area contributed by atoms with Crippen molar-refractivity contribution >= 4 is 24.4 Å². The molecular weight excluding hydrogens is 372 g/mol. The van der Waals surface area contributed by atoms with E-state index in [1.54, 1.807) is 14.2 Å². The normalized spacial score (nSPS) is 10.6. The van der Waals surface area contributed by atoms with Gasteiger partial charge in [-0.15, -0.1) is 0 Å². The molecule has 1 aromatic carbocycles. The van der Waals surface area contributed by atoms with Gasteiger partial charge in [0.15, 0.2) is 11.5 Å². The molecule has 0 atom stereocenters. The SMILES string of the molecule is CCCCCNc1nc(NCc2ccc(OC)c(OC)c2)nc(CC)c1CS. The Morgan fingerprint density at radius 3 is 2.43 bits per heavy atom. The van der Waals surface area contributed by atoms with Crippen molar-refractivity contribution in [3.8, 4) is 11.5 Å². The maximum atomic E-state index is 5.38. The fourth-order valence-electron chi connectivity index (χ4n) is 2.97. The van der Waals surface area contributed by atoms with Crippen molar-refractivity contribution in [2.75, 3.05) is 31.4 Å². The second-order valence-corrected chi connectivity index (χ2v) is 6.83.